The SMILES string of the molecule is CCCCCCc1ccc(C(=O)N(CCN2CCOCC2)CC(=O)N(CCc2ccccc2)Cc2ccco2)cc1. The van der Waals surface area contributed by atoms with Gasteiger partial charge in [-0.3, -0.25) is 14.5 Å². The molecule has 0 radical (unpaired) electrons. The second kappa shape index (κ2) is 16.7. The topological polar surface area (TPSA) is 66.2 Å². The lowest BCUT2D eigenvalue weighted by atomic mass is 10.0. The highest BCUT2D eigenvalue weighted by molar-refractivity contribution is 5.96. The van der Waals surface area contributed by atoms with Gasteiger partial charge in [-0.1, -0.05) is 68.7 Å². The molecular weight excluding hydrogens is 514 g/mol. The number of nitrogens with zero attached hydrogens (tertiary/aromatic N) is 3. The van der Waals surface area contributed by atoms with Gasteiger partial charge in [-0.05, 0) is 54.7 Å². The van der Waals surface area contributed by atoms with Crippen LogP contribution in [0.5, 0.6) is 0 Å². The Kier molecular flexibility index (Phi) is 12.5. The smallest absolute Gasteiger partial charge is 0.254 e. The van der Waals surface area contributed by atoms with Crippen LogP contribution in [0.15, 0.2) is 77.4 Å². The fraction of sp³-hybridized carbons (Fsp3) is 0.471. The Morgan fingerprint density at radius 2 is 1.56 bits per heavy atom. The van der Waals surface area contributed by atoms with E-state index in [-0.39, 0.29) is 18.4 Å². The monoisotopic (exact) mass is 559 g/mol. The molecular formula is C34H45N3O4. The molecule has 41 heavy (non-hydrogen) atoms. The molecule has 0 N–H and O–H groups in total. The minimum Gasteiger partial charge on any atom is -0.467 e. The minimum absolute atomic E-state index is 0.0252. The molecule has 0 bridgehead atoms. The maximum Gasteiger partial charge on any atom is 0.254 e. The van der Waals surface area contributed by atoms with Gasteiger partial charge in [0.2, 0.25) is 5.91 Å². The molecule has 7 heteroatoms. The Labute approximate surface area is 245 Å². The van der Waals surface area contributed by atoms with Crippen molar-refractivity contribution in [1.82, 2.24) is 14.7 Å². The molecule has 1 aliphatic rings. The molecule has 2 aromatic carbocycles. The first kappa shape index (κ1) is 30.5. The van der Waals surface area contributed by atoms with Gasteiger partial charge in [-0.15, -0.1) is 0 Å². The van der Waals surface area contributed by atoms with E-state index < -0.39 is 0 Å². The fourth-order valence-corrected chi connectivity index (χ4v) is 5.15. The van der Waals surface area contributed by atoms with Crippen LogP contribution < -0.4 is 0 Å². The van der Waals surface area contributed by atoms with E-state index in [1.807, 2.05) is 42.5 Å². The first-order chi connectivity index (χ1) is 20.1. The molecule has 7 nitrogen and oxygen atoms in total. The van der Waals surface area contributed by atoms with Crippen molar-refractivity contribution in [3.8, 4) is 0 Å². The Morgan fingerprint density at radius 1 is 0.805 bits per heavy atom. The number of morpholine rings is 1. The van der Waals surface area contributed by atoms with Gasteiger partial charge in [0.15, 0.2) is 0 Å². The van der Waals surface area contributed by atoms with Crippen molar-refractivity contribution in [3.63, 3.8) is 0 Å². The third kappa shape index (κ3) is 10.2. The number of furan rings is 1. The lowest BCUT2D eigenvalue weighted by Crippen LogP contribution is -2.47. The van der Waals surface area contributed by atoms with Gasteiger partial charge in [0.25, 0.3) is 5.91 Å². The van der Waals surface area contributed by atoms with Crippen LogP contribution in [0.3, 0.4) is 0 Å². The maximum atomic E-state index is 13.8. The third-order valence-corrected chi connectivity index (χ3v) is 7.72. The van der Waals surface area contributed by atoms with E-state index in [9.17, 15) is 9.59 Å². The molecule has 3 aromatic rings. The van der Waals surface area contributed by atoms with E-state index in [2.05, 4.69) is 36.1 Å². The Hall–Kier alpha value is -3.42. The predicted molar refractivity (Wildman–Crippen MR) is 162 cm³/mol. The second-order valence-electron chi connectivity index (χ2n) is 10.8. The fourth-order valence-electron chi connectivity index (χ4n) is 5.15. The zero-order valence-corrected chi connectivity index (χ0v) is 24.5. The summed E-state index contributed by atoms with van der Waals surface area (Å²) < 4.78 is 11.1. The number of unbranched alkanes of at least 4 members (excludes halogenated alkanes) is 3. The van der Waals surface area contributed by atoms with E-state index >= 15 is 0 Å². The normalized spacial score (nSPS) is 13.7. The number of rotatable bonds is 16. The number of hydrogen-bond donors (Lipinski definition) is 0. The van der Waals surface area contributed by atoms with Crippen LogP contribution in [0.4, 0.5) is 0 Å². The summed E-state index contributed by atoms with van der Waals surface area (Å²) in [6.07, 6.45) is 8.25. The highest BCUT2D eigenvalue weighted by Gasteiger charge is 2.24. The molecule has 0 atom stereocenters. The summed E-state index contributed by atoms with van der Waals surface area (Å²) in [5.74, 6) is 0.539. The molecule has 0 spiro atoms. The van der Waals surface area contributed by atoms with Crippen molar-refractivity contribution in [2.45, 2.75) is 52.0 Å². The van der Waals surface area contributed by atoms with Gasteiger partial charge >= 0.3 is 0 Å². The highest BCUT2D eigenvalue weighted by atomic mass is 16.5. The molecule has 4 rings (SSSR count). The summed E-state index contributed by atoms with van der Waals surface area (Å²) in [6.45, 7) is 7.42. The van der Waals surface area contributed by atoms with Gasteiger partial charge in [-0.2, -0.15) is 0 Å². The molecule has 1 aromatic heterocycles. The van der Waals surface area contributed by atoms with Crippen LogP contribution >= 0.6 is 0 Å². The maximum absolute atomic E-state index is 13.8. The summed E-state index contributed by atoms with van der Waals surface area (Å²) in [5, 5.41) is 0. The van der Waals surface area contributed by atoms with Crippen LogP contribution in [-0.4, -0.2) is 79.0 Å². The molecule has 0 unspecified atom stereocenters. The van der Waals surface area contributed by atoms with Crippen LogP contribution in [-0.2, 0) is 28.9 Å². The van der Waals surface area contributed by atoms with Crippen LogP contribution in [0, 0.1) is 0 Å². The molecule has 0 saturated carbocycles. The van der Waals surface area contributed by atoms with Gasteiger partial charge in [-0.25, -0.2) is 0 Å². The quantitative estimate of drug-likeness (QED) is 0.219. The van der Waals surface area contributed by atoms with Gasteiger partial charge < -0.3 is 19.0 Å². The summed E-state index contributed by atoms with van der Waals surface area (Å²) >= 11 is 0. The molecule has 2 heterocycles. The van der Waals surface area contributed by atoms with Crippen LogP contribution in [0.25, 0.3) is 0 Å². The van der Waals surface area contributed by atoms with Crippen molar-refractivity contribution in [2.24, 2.45) is 0 Å². The van der Waals surface area contributed by atoms with Crippen molar-refractivity contribution in [2.75, 3.05) is 52.5 Å². The predicted octanol–water partition coefficient (Wildman–Crippen LogP) is 5.45. The summed E-state index contributed by atoms with van der Waals surface area (Å²) in [7, 11) is 0. The molecule has 2 amide bonds. The third-order valence-electron chi connectivity index (χ3n) is 7.72. The zero-order valence-electron chi connectivity index (χ0n) is 24.5. The standard InChI is InChI=1S/C34H45N3O4/c1-2-3-4-6-12-30-14-16-31(17-15-30)34(39)37(21-20-35-22-25-40-26-23-35)28-33(38)36(27-32-13-9-24-41-32)19-18-29-10-7-5-8-11-29/h5,7-11,13-17,24H,2-4,6,12,18-23,25-28H2,1H3. The van der Waals surface area contributed by atoms with E-state index in [1.165, 1.54) is 30.4 Å². The summed E-state index contributed by atoms with van der Waals surface area (Å²) in [5.41, 5.74) is 3.04. The van der Waals surface area contributed by atoms with E-state index in [1.54, 1.807) is 16.1 Å². The number of carbonyl (C=O) groups is 2. The molecule has 220 valence electrons. The first-order valence-corrected chi connectivity index (χ1v) is 15.1. The summed E-state index contributed by atoms with van der Waals surface area (Å²) in [6, 6.07) is 21.8. The number of amides is 2. The molecule has 0 aliphatic carbocycles. The molecule has 1 fully saturated rings. The Morgan fingerprint density at radius 3 is 2.27 bits per heavy atom. The molecule has 1 aliphatic heterocycles. The van der Waals surface area contributed by atoms with Gasteiger partial charge in [0.05, 0.1) is 26.0 Å². The largest absolute Gasteiger partial charge is 0.467 e. The summed E-state index contributed by atoms with van der Waals surface area (Å²) in [4.78, 5) is 33.4. The van der Waals surface area contributed by atoms with Crippen molar-refractivity contribution < 1.29 is 18.7 Å². The number of aryl methyl sites for hydroxylation is 1. The van der Waals surface area contributed by atoms with E-state index in [4.69, 9.17) is 9.15 Å². The zero-order chi connectivity index (χ0) is 28.7. The number of hydrogen-bond acceptors (Lipinski definition) is 5. The number of benzene rings is 2. The van der Waals surface area contributed by atoms with Crippen molar-refractivity contribution >= 4 is 11.8 Å². The van der Waals surface area contributed by atoms with E-state index in [0.717, 1.165) is 38.1 Å². The van der Waals surface area contributed by atoms with Gasteiger partial charge in [0.1, 0.15) is 12.3 Å². The Bertz CT molecular complexity index is 1160. The average molecular weight is 560 g/mol. The minimum atomic E-state index is -0.106. The first-order valence-electron chi connectivity index (χ1n) is 15.1. The number of carbonyl (C=O) groups excluding carboxylic acids is 2. The Balaban J connectivity index is 1.45. The molecule has 1 saturated heterocycles. The van der Waals surface area contributed by atoms with Crippen LogP contribution in [0.2, 0.25) is 0 Å². The van der Waals surface area contributed by atoms with E-state index in [0.29, 0.717) is 45.0 Å². The highest BCUT2D eigenvalue weighted by Crippen LogP contribution is 2.14. The van der Waals surface area contributed by atoms with Gasteiger partial charge in [0, 0.05) is 38.3 Å². The average Bonchev–Trinajstić information content (AvgIpc) is 3.54. The van der Waals surface area contributed by atoms with Crippen LogP contribution in [0.1, 0.15) is 59.9 Å². The lowest BCUT2D eigenvalue weighted by molar-refractivity contribution is -0.132. The lowest BCUT2D eigenvalue weighted by Gasteiger charge is -2.31. The second-order valence-corrected chi connectivity index (χ2v) is 10.8. The van der Waals surface area contributed by atoms with Crippen molar-refractivity contribution in [1.29, 1.82) is 0 Å². The number of ether oxygens (including phenoxy) is 1. The van der Waals surface area contributed by atoms with Crippen molar-refractivity contribution in [3.05, 3.63) is 95.4 Å².